The van der Waals surface area contributed by atoms with Gasteiger partial charge in [0, 0.05) is 15.2 Å². The average Bonchev–Trinajstić information content (AvgIpc) is 2.33. The quantitative estimate of drug-likeness (QED) is 0.693. The summed E-state index contributed by atoms with van der Waals surface area (Å²) in [7, 11) is 0. The first-order valence-corrected chi connectivity index (χ1v) is 7.85. The molecule has 1 nitrogen and oxygen atoms in total. The van der Waals surface area contributed by atoms with Gasteiger partial charge < -0.3 is 5.32 Å². The Hall–Kier alpha value is -0.990. The monoisotopic (exact) mass is 351 g/mol. The first-order chi connectivity index (χ1) is 9.38. The first-order valence-electron chi connectivity index (χ1n) is 6.68. The fourth-order valence-electron chi connectivity index (χ4n) is 2.55. The van der Waals surface area contributed by atoms with E-state index in [0.29, 0.717) is 0 Å². The van der Waals surface area contributed by atoms with Crippen molar-refractivity contribution in [2.45, 2.75) is 33.7 Å². The lowest BCUT2D eigenvalue weighted by atomic mass is 10.0. The molecular formula is C17H19BrClN. The van der Waals surface area contributed by atoms with Crippen molar-refractivity contribution in [1.82, 2.24) is 0 Å². The maximum Gasteiger partial charge on any atom is 0.0500 e. The van der Waals surface area contributed by atoms with Crippen LogP contribution in [0, 0.1) is 20.8 Å². The summed E-state index contributed by atoms with van der Waals surface area (Å²) in [6.07, 6.45) is 0. The molecule has 0 heterocycles. The molecule has 1 unspecified atom stereocenters. The van der Waals surface area contributed by atoms with E-state index in [1.165, 1.54) is 22.4 Å². The third kappa shape index (κ3) is 3.36. The SMILES string of the molecule is Cc1cc(C)c(NC(C)c2ccc(Br)cc2Cl)c(C)c1. The highest BCUT2D eigenvalue weighted by Crippen LogP contribution is 2.31. The van der Waals surface area contributed by atoms with Gasteiger partial charge in [-0.15, -0.1) is 0 Å². The van der Waals surface area contributed by atoms with Crippen LogP contribution in [0.5, 0.6) is 0 Å². The van der Waals surface area contributed by atoms with E-state index < -0.39 is 0 Å². The molecule has 0 aromatic heterocycles. The van der Waals surface area contributed by atoms with Crippen molar-refractivity contribution in [1.29, 1.82) is 0 Å². The smallest absolute Gasteiger partial charge is 0.0500 e. The summed E-state index contributed by atoms with van der Waals surface area (Å²) < 4.78 is 1.00. The number of rotatable bonds is 3. The van der Waals surface area contributed by atoms with Gasteiger partial charge in [0.25, 0.3) is 0 Å². The van der Waals surface area contributed by atoms with E-state index in [9.17, 15) is 0 Å². The molecule has 0 spiro atoms. The second-order valence-electron chi connectivity index (χ2n) is 5.31. The second-order valence-corrected chi connectivity index (χ2v) is 6.63. The number of anilines is 1. The van der Waals surface area contributed by atoms with E-state index in [4.69, 9.17) is 11.6 Å². The van der Waals surface area contributed by atoms with Crippen LogP contribution in [-0.2, 0) is 0 Å². The van der Waals surface area contributed by atoms with Crippen LogP contribution in [0.1, 0.15) is 35.2 Å². The first kappa shape index (κ1) is 15.4. The molecule has 2 aromatic rings. The Kier molecular flexibility index (Phi) is 4.77. The molecule has 0 fully saturated rings. The third-order valence-corrected chi connectivity index (χ3v) is 4.29. The van der Waals surface area contributed by atoms with E-state index in [-0.39, 0.29) is 6.04 Å². The Morgan fingerprint density at radius 3 is 2.20 bits per heavy atom. The largest absolute Gasteiger partial charge is 0.378 e. The minimum Gasteiger partial charge on any atom is -0.378 e. The van der Waals surface area contributed by atoms with Crippen LogP contribution in [0.15, 0.2) is 34.8 Å². The van der Waals surface area contributed by atoms with Gasteiger partial charge in [-0.05, 0) is 56.5 Å². The zero-order chi connectivity index (χ0) is 14.9. The van der Waals surface area contributed by atoms with Crippen molar-refractivity contribution in [3.63, 3.8) is 0 Å². The van der Waals surface area contributed by atoms with Gasteiger partial charge in [0.05, 0.1) is 6.04 Å². The van der Waals surface area contributed by atoms with Crippen LogP contribution in [-0.4, -0.2) is 0 Å². The molecule has 106 valence electrons. The van der Waals surface area contributed by atoms with Gasteiger partial charge in [0.1, 0.15) is 0 Å². The summed E-state index contributed by atoms with van der Waals surface area (Å²) >= 11 is 9.76. The number of halogens is 2. The maximum absolute atomic E-state index is 6.33. The van der Waals surface area contributed by atoms with Crippen LogP contribution < -0.4 is 5.32 Å². The van der Waals surface area contributed by atoms with Crippen LogP contribution >= 0.6 is 27.5 Å². The van der Waals surface area contributed by atoms with Crippen molar-refractivity contribution in [2.24, 2.45) is 0 Å². The van der Waals surface area contributed by atoms with Crippen molar-refractivity contribution >= 4 is 33.2 Å². The highest BCUT2D eigenvalue weighted by atomic mass is 79.9. The second kappa shape index (κ2) is 6.19. The molecule has 1 atom stereocenters. The zero-order valence-electron chi connectivity index (χ0n) is 12.2. The number of hydrogen-bond donors (Lipinski definition) is 1. The zero-order valence-corrected chi connectivity index (χ0v) is 14.6. The van der Waals surface area contributed by atoms with Crippen molar-refractivity contribution in [3.05, 3.63) is 62.1 Å². The molecule has 0 amide bonds. The molecule has 0 saturated heterocycles. The molecule has 0 radical (unpaired) electrons. The standard InChI is InChI=1S/C17H19BrClN/c1-10-7-11(2)17(12(3)8-10)20-13(4)15-6-5-14(18)9-16(15)19/h5-9,13,20H,1-4H3. The lowest BCUT2D eigenvalue weighted by molar-refractivity contribution is 0.879. The summed E-state index contributed by atoms with van der Waals surface area (Å²) in [5.74, 6) is 0. The van der Waals surface area contributed by atoms with Gasteiger partial charge in [-0.1, -0.05) is 51.3 Å². The number of nitrogens with one attached hydrogen (secondary N) is 1. The van der Waals surface area contributed by atoms with E-state index in [0.717, 1.165) is 15.1 Å². The van der Waals surface area contributed by atoms with Gasteiger partial charge in [0.2, 0.25) is 0 Å². The van der Waals surface area contributed by atoms with Crippen LogP contribution in [0.3, 0.4) is 0 Å². The fourth-order valence-corrected chi connectivity index (χ4v) is 3.39. The van der Waals surface area contributed by atoms with Crippen molar-refractivity contribution in [2.75, 3.05) is 5.32 Å². The molecule has 0 bridgehead atoms. The number of benzene rings is 2. The predicted molar refractivity (Wildman–Crippen MR) is 91.8 cm³/mol. The molecule has 0 aliphatic rings. The fraction of sp³-hybridized carbons (Fsp3) is 0.294. The normalized spacial score (nSPS) is 12.3. The molecule has 2 rings (SSSR count). The Bertz CT molecular complexity index is 614. The summed E-state index contributed by atoms with van der Waals surface area (Å²) in [6, 6.07) is 10.6. The Balaban J connectivity index is 2.30. The molecule has 3 heteroatoms. The molecule has 20 heavy (non-hydrogen) atoms. The molecule has 0 aliphatic carbocycles. The van der Waals surface area contributed by atoms with Crippen molar-refractivity contribution in [3.8, 4) is 0 Å². The van der Waals surface area contributed by atoms with E-state index in [2.05, 4.69) is 67.1 Å². The highest BCUT2D eigenvalue weighted by molar-refractivity contribution is 9.10. The summed E-state index contributed by atoms with van der Waals surface area (Å²) in [5, 5.41) is 4.36. The minimum atomic E-state index is 0.163. The van der Waals surface area contributed by atoms with Gasteiger partial charge in [-0.3, -0.25) is 0 Å². The summed E-state index contributed by atoms with van der Waals surface area (Å²) in [4.78, 5) is 0. The average molecular weight is 353 g/mol. The van der Waals surface area contributed by atoms with Crippen LogP contribution in [0.2, 0.25) is 5.02 Å². The number of aryl methyl sites for hydroxylation is 3. The van der Waals surface area contributed by atoms with Crippen LogP contribution in [0.25, 0.3) is 0 Å². The predicted octanol–water partition coefficient (Wildman–Crippen LogP) is 6.20. The summed E-state index contributed by atoms with van der Waals surface area (Å²) in [5.41, 5.74) is 6.13. The molecule has 0 saturated carbocycles. The topological polar surface area (TPSA) is 12.0 Å². The Labute approximate surface area is 134 Å². The van der Waals surface area contributed by atoms with E-state index in [1.54, 1.807) is 0 Å². The highest BCUT2D eigenvalue weighted by Gasteiger charge is 2.12. The lowest BCUT2D eigenvalue weighted by Gasteiger charge is -2.21. The lowest BCUT2D eigenvalue weighted by Crippen LogP contribution is -2.09. The molecule has 0 aliphatic heterocycles. The van der Waals surface area contributed by atoms with Gasteiger partial charge >= 0.3 is 0 Å². The molecule has 2 aromatic carbocycles. The Morgan fingerprint density at radius 1 is 1.05 bits per heavy atom. The third-order valence-electron chi connectivity index (χ3n) is 3.47. The number of hydrogen-bond acceptors (Lipinski definition) is 1. The molecular weight excluding hydrogens is 334 g/mol. The maximum atomic E-state index is 6.33. The van der Waals surface area contributed by atoms with Gasteiger partial charge in [-0.25, -0.2) is 0 Å². The minimum absolute atomic E-state index is 0.163. The van der Waals surface area contributed by atoms with Crippen LogP contribution in [0.4, 0.5) is 5.69 Å². The molecule has 1 N–H and O–H groups in total. The van der Waals surface area contributed by atoms with Gasteiger partial charge in [-0.2, -0.15) is 0 Å². The van der Waals surface area contributed by atoms with Crippen molar-refractivity contribution < 1.29 is 0 Å². The Morgan fingerprint density at radius 2 is 1.65 bits per heavy atom. The summed E-state index contributed by atoms with van der Waals surface area (Å²) in [6.45, 7) is 8.53. The van der Waals surface area contributed by atoms with E-state index >= 15 is 0 Å². The van der Waals surface area contributed by atoms with E-state index in [1.807, 2.05) is 12.1 Å². The van der Waals surface area contributed by atoms with Gasteiger partial charge in [0.15, 0.2) is 0 Å².